The Kier molecular flexibility index (Phi) is 5.40. The second kappa shape index (κ2) is 7.28. The molecule has 1 unspecified atom stereocenters. The van der Waals surface area contributed by atoms with Gasteiger partial charge in [-0.2, -0.15) is 9.97 Å². The molecule has 1 atom stereocenters. The second-order valence-electron chi connectivity index (χ2n) is 5.36. The highest BCUT2D eigenvalue weighted by Crippen LogP contribution is 2.20. The first kappa shape index (κ1) is 14.8. The van der Waals surface area contributed by atoms with Gasteiger partial charge in [-0.25, -0.2) is 0 Å². The fourth-order valence-electron chi connectivity index (χ4n) is 2.42. The van der Waals surface area contributed by atoms with Crippen LogP contribution >= 0.6 is 0 Å². The number of nitrogens with two attached hydrogens (primary N) is 1. The van der Waals surface area contributed by atoms with Crippen molar-refractivity contribution >= 4 is 17.6 Å². The molecular weight excluding hydrogens is 254 g/mol. The molecule has 1 aliphatic heterocycles. The highest BCUT2D eigenvalue weighted by atomic mass is 16.5. The first-order valence-corrected chi connectivity index (χ1v) is 7.36. The van der Waals surface area contributed by atoms with Crippen LogP contribution in [0.3, 0.4) is 0 Å². The van der Waals surface area contributed by atoms with E-state index >= 15 is 0 Å². The van der Waals surface area contributed by atoms with Crippen LogP contribution in [-0.2, 0) is 4.74 Å². The summed E-state index contributed by atoms with van der Waals surface area (Å²) in [4.78, 5) is 10.7. The highest BCUT2D eigenvalue weighted by molar-refractivity contribution is 5.52. The molecule has 0 spiro atoms. The Morgan fingerprint density at radius 1 is 1.50 bits per heavy atom. The van der Waals surface area contributed by atoms with E-state index in [4.69, 9.17) is 10.5 Å². The molecule has 6 heteroatoms. The van der Waals surface area contributed by atoms with E-state index in [0.717, 1.165) is 50.8 Å². The Hall–Kier alpha value is -1.56. The third kappa shape index (κ3) is 4.23. The fraction of sp³-hybridized carbons (Fsp3) is 0.714. The topological polar surface area (TPSA) is 76.3 Å². The van der Waals surface area contributed by atoms with Gasteiger partial charge >= 0.3 is 0 Å². The van der Waals surface area contributed by atoms with Gasteiger partial charge in [0.2, 0.25) is 5.95 Å². The van der Waals surface area contributed by atoms with Crippen molar-refractivity contribution in [3.8, 4) is 0 Å². The zero-order valence-electron chi connectivity index (χ0n) is 12.4. The minimum atomic E-state index is 0.313. The van der Waals surface area contributed by atoms with Crippen molar-refractivity contribution in [1.82, 2.24) is 9.97 Å². The van der Waals surface area contributed by atoms with Crippen LogP contribution in [0.5, 0.6) is 0 Å². The van der Waals surface area contributed by atoms with Gasteiger partial charge in [-0.05, 0) is 25.2 Å². The number of rotatable bonds is 6. The summed E-state index contributed by atoms with van der Waals surface area (Å²) in [5.41, 5.74) is 5.79. The molecule has 0 saturated carbocycles. The summed E-state index contributed by atoms with van der Waals surface area (Å²) in [6.07, 6.45) is 3.41. The quantitative estimate of drug-likeness (QED) is 0.826. The van der Waals surface area contributed by atoms with Crippen LogP contribution < -0.4 is 16.0 Å². The van der Waals surface area contributed by atoms with Crippen molar-refractivity contribution in [3.63, 3.8) is 0 Å². The zero-order valence-corrected chi connectivity index (χ0v) is 12.4. The lowest BCUT2D eigenvalue weighted by molar-refractivity contribution is 0.0576. The molecule has 2 heterocycles. The smallest absolute Gasteiger partial charge is 0.223 e. The van der Waals surface area contributed by atoms with Crippen LogP contribution in [-0.4, -0.2) is 43.3 Å². The van der Waals surface area contributed by atoms with Crippen LogP contribution in [0.4, 0.5) is 17.6 Å². The Morgan fingerprint density at radius 3 is 3.05 bits per heavy atom. The van der Waals surface area contributed by atoms with E-state index < -0.39 is 0 Å². The number of anilines is 3. The molecule has 0 aliphatic carbocycles. The monoisotopic (exact) mass is 279 g/mol. The summed E-state index contributed by atoms with van der Waals surface area (Å²) in [5.74, 6) is 2.53. The predicted molar refractivity (Wildman–Crippen MR) is 82.0 cm³/mol. The number of nitrogen functional groups attached to an aromatic ring is 1. The van der Waals surface area contributed by atoms with E-state index in [1.54, 1.807) is 0 Å². The third-order valence-electron chi connectivity index (χ3n) is 3.46. The van der Waals surface area contributed by atoms with Crippen LogP contribution in [0.25, 0.3) is 0 Å². The van der Waals surface area contributed by atoms with E-state index in [-0.39, 0.29) is 0 Å². The summed E-state index contributed by atoms with van der Waals surface area (Å²) in [6, 6.07) is 1.95. The Bertz CT molecular complexity index is 420. The van der Waals surface area contributed by atoms with Crippen molar-refractivity contribution in [2.24, 2.45) is 5.92 Å². The third-order valence-corrected chi connectivity index (χ3v) is 3.46. The van der Waals surface area contributed by atoms with E-state index in [0.29, 0.717) is 11.9 Å². The lowest BCUT2D eigenvalue weighted by Crippen LogP contribution is -2.31. The molecule has 0 radical (unpaired) electrons. The van der Waals surface area contributed by atoms with Gasteiger partial charge in [0.25, 0.3) is 0 Å². The van der Waals surface area contributed by atoms with Crippen LogP contribution in [0.1, 0.15) is 26.2 Å². The van der Waals surface area contributed by atoms with Gasteiger partial charge in [-0.15, -0.1) is 0 Å². The van der Waals surface area contributed by atoms with Crippen molar-refractivity contribution in [2.75, 3.05) is 49.3 Å². The molecule has 1 aromatic rings. The van der Waals surface area contributed by atoms with Crippen LogP contribution in [0.15, 0.2) is 6.07 Å². The maximum atomic E-state index is 5.79. The predicted octanol–water partition coefficient (Wildman–Crippen LogP) is 1.74. The normalized spacial score (nSPS) is 18.8. The second-order valence-corrected chi connectivity index (χ2v) is 5.36. The first-order valence-electron chi connectivity index (χ1n) is 7.36. The molecule has 1 saturated heterocycles. The maximum absolute atomic E-state index is 5.79. The minimum Gasteiger partial charge on any atom is -0.381 e. The SMILES string of the molecule is CCCNc1cc(N(C)CC2CCCOC2)nc(N)n1. The molecule has 20 heavy (non-hydrogen) atoms. The standard InChI is InChI=1S/C14H25N5O/c1-3-6-16-12-8-13(18-14(15)17-12)19(2)9-11-5-4-7-20-10-11/h8,11H,3-7,9-10H2,1-2H3,(H3,15,16,17,18). The summed E-state index contributed by atoms with van der Waals surface area (Å²) < 4.78 is 5.52. The number of nitrogens with zero attached hydrogens (tertiary/aromatic N) is 3. The zero-order chi connectivity index (χ0) is 14.4. The number of ether oxygens (including phenoxy) is 1. The van der Waals surface area contributed by atoms with Crippen molar-refractivity contribution < 1.29 is 4.74 Å². The van der Waals surface area contributed by atoms with Crippen molar-refractivity contribution in [3.05, 3.63) is 6.07 Å². The summed E-state index contributed by atoms with van der Waals surface area (Å²) in [6.45, 7) is 5.67. The van der Waals surface area contributed by atoms with Gasteiger partial charge in [0.15, 0.2) is 0 Å². The van der Waals surface area contributed by atoms with Gasteiger partial charge in [0, 0.05) is 32.8 Å². The number of nitrogens with one attached hydrogen (secondary N) is 1. The Morgan fingerprint density at radius 2 is 2.35 bits per heavy atom. The molecule has 0 bridgehead atoms. The average molecular weight is 279 g/mol. The van der Waals surface area contributed by atoms with Crippen molar-refractivity contribution in [1.29, 1.82) is 0 Å². The number of hydrogen-bond acceptors (Lipinski definition) is 6. The Labute approximate surface area is 120 Å². The molecule has 1 fully saturated rings. The van der Waals surface area contributed by atoms with Gasteiger partial charge in [-0.1, -0.05) is 6.92 Å². The summed E-state index contributed by atoms with van der Waals surface area (Å²) >= 11 is 0. The van der Waals surface area contributed by atoms with Crippen molar-refractivity contribution in [2.45, 2.75) is 26.2 Å². The molecule has 1 aromatic heterocycles. The van der Waals surface area contributed by atoms with E-state index in [1.165, 1.54) is 6.42 Å². The van der Waals surface area contributed by atoms with Gasteiger partial charge in [0.1, 0.15) is 11.6 Å². The molecule has 2 rings (SSSR count). The minimum absolute atomic E-state index is 0.313. The lowest BCUT2D eigenvalue weighted by Gasteiger charge is -2.28. The molecule has 3 N–H and O–H groups in total. The van der Waals surface area contributed by atoms with Gasteiger partial charge in [0.05, 0.1) is 6.61 Å². The number of hydrogen-bond donors (Lipinski definition) is 2. The lowest BCUT2D eigenvalue weighted by atomic mass is 10.0. The summed E-state index contributed by atoms with van der Waals surface area (Å²) in [7, 11) is 2.04. The summed E-state index contributed by atoms with van der Waals surface area (Å²) in [5, 5.41) is 3.25. The van der Waals surface area contributed by atoms with E-state index in [1.807, 2.05) is 13.1 Å². The van der Waals surface area contributed by atoms with E-state index in [2.05, 4.69) is 27.1 Å². The van der Waals surface area contributed by atoms with E-state index in [9.17, 15) is 0 Å². The molecule has 1 aliphatic rings. The fourth-order valence-corrected chi connectivity index (χ4v) is 2.42. The molecule has 0 aromatic carbocycles. The molecule has 6 nitrogen and oxygen atoms in total. The largest absolute Gasteiger partial charge is 0.381 e. The Balaban J connectivity index is 2.00. The molecule has 0 amide bonds. The maximum Gasteiger partial charge on any atom is 0.223 e. The first-order chi connectivity index (χ1) is 9.69. The average Bonchev–Trinajstić information content (AvgIpc) is 2.45. The molecular formula is C14H25N5O. The van der Waals surface area contributed by atoms with Crippen LogP contribution in [0.2, 0.25) is 0 Å². The highest BCUT2D eigenvalue weighted by Gasteiger charge is 2.17. The number of aromatic nitrogens is 2. The van der Waals surface area contributed by atoms with Crippen LogP contribution in [0, 0.1) is 5.92 Å². The van der Waals surface area contributed by atoms with Gasteiger partial charge in [-0.3, -0.25) is 0 Å². The van der Waals surface area contributed by atoms with Gasteiger partial charge < -0.3 is 20.7 Å². The molecule has 112 valence electrons.